The zero-order valence-corrected chi connectivity index (χ0v) is 19.9. The van der Waals surface area contributed by atoms with E-state index in [0.717, 1.165) is 11.1 Å². The Hall–Kier alpha value is -4.26. The average molecular weight is 484 g/mol. The number of piperidine rings is 1. The SMILES string of the molecule is Cc1ccc(-c2cnc(-c3ccccc3C(=O)NC3CCN(C(=O)c4ccccc4F)CC3)o2)cc1. The fraction of sp³-hybridized carbons (Fsp3) is 0.207. The maximum absolute atomic E-state index is 14.0. The molecule has 182 valence electrons. The lowest BCUT2D eigenvalue weighted by atomic mass is 10.0. The van der Waals surface area contributed by atoms with Crippen molar-refractivity contribution in [3.05, 3.63) is 102 Å². The molecule has 0 spiro atoms. The van der Waals surface area contributed by atoms with Crippen molar-refractivity contribution < 1.29 is 18.4 Å². The molecule has 1 fully saturated rings. The largest absolute Gasteiger partial charge is 0.436 e. The van der Waals surface area contributed by atoms with E-state index < -0.39 is 5.82 Å². The van der Waals surface area contributed by atoms with Crippen LogP contribution in [0, 0.1) is 12.7 Å². The number of aromatic nitrogens is 1. The lowest BCUT2D eigenvalue weighted by Gasteiger charge is -2.32. The van der Waals surface area contributed by atoms with Crippen molar-refractivity contribution in [2.45, 2.75) is 25.8 Å². The van der Waals surface area contributed by atoms with E-state index in [1.165, 1.54) is 12.1 Å². The van der Waals surface area contributed by atoms with E-state index in [4.69, 9.17) is 4.42 Å². The summed E-state index contributed by atoms with van der Waals surface area (Å²) in [6.07, 6.45) is 2.84. The highest BCUT2D eigenvalue weighted by Gasteiger charge is 2.27. The van der Waals surface area contributed by atoms with Crippen molar-refractivity contribution in [1.29, 1.82) is 0 Å². The van der Waals surface area contributed by atoms with Crippen LogP contribution >= 0.6 is 0 Å². The number of likely N-dealkylation sites (tertiary alicyclic amines) is 1. The molecule has 6 nitrogen and oxygen atoms in total. The number of nitrogens with zero attached hydrogens (tertiary/aromatic N) is 2. The molecule has 0 atom stereocenters. The maximum atomic E-state index is 14.0. The van der Waals surface area contributed by atoms with Crippen LogP contribution in [0.1, 0.15) is 39.1 Å². The van der Waals surface area contributed by atoms with Crippen LogP contribution in [0.25, 0.3) is 22.8 Å². The van der Waals surface area contributed by atoms with E-state index in [-0.39, 0.29) is 23.4 Å². The molecule has 1 aromatic heterocycles. The first-order valence-electron chi connectivity index (χ1n) is 12.0. The van der Waals surface area contributed by atoms with Gasteiger partial charge in [-0.3, -0.25) is 9.59 Å². The average Bonchev–Trinajstić information content (AvgIpc) is 3.40. The van der Waals surface area contributed by atoms with Crippen LogP contribution in [0.15, 0.2) is 83.4 Å². The lowest BCUT2D eigenvalue weighted by molar-refractivity contribution is 0.0693. The minimum Gasteiger partial charge on any atom is -0.436 e. The molecule has 0 radical (unpaired) electrons. The summed E-state index contributed by atoms with van der Waals surface area (Å²) in [5.41, 5.74) is 3.23. The van der Waals surface area contributed by atoms with Crippen molar-refractivity contribution >= 4 is 11.8 Å². The van der Waals surface area contributed by atoms with E-state index in [9.17, 15) is 14.0 Å². The summed E-state index contributed by atoms with van der Waals surface area (Å²) in [6, 6.07) is 21.1. The quantitative estimate of drug-likeness (QED) is 0.407. The number of halogens is 1. The molecule has 36 heavy (non-hydrogen) atoms. The molecule has 1 N–H and O–H groups in total. The van der Waals surface area contributed by atoms with Crippen LogP contribution in [0.2, 0.25) is 0 Å². The third-order valence-corrected chi connectivity index (χ3v) is 6.47. The Morgan fingerprint density at radius 2 is 1.61 bits per heavy atom. The van der Waals surface area contributed by atoms with E-state index in [1.807, 2.05) is 43.3 Å². The zero-order chi connectivity index (χ0) is 25.1. The Kier molecular flexibility index (Phi) is 6.62. The molecule has 1 aliphatic heterocycles. The molecule has 4 aromatic rings. The topological polar surface area (TPSA) is 75.4 Å². The molecule has 2 heterocycles. The van der Waals surface area contributed by atoms with Crippen molar-refractivity contribution in [2.75, 3.05) is 13.1 Å². The van der Waals surface area contributed by atoms with Gasteiger partial charge in [0.2, 0.25) is 5.89 Å². The molecule has 7 heteroatoms. The predicted octanol–water partition coefficient (Wildman–Crippen LogP) is 5.49. The number of benzene rings is 3. The number of nitrogens with one attached hydrogen (secondary N) is 1. The highest BCUT2D eigenvalue weighted by molar-refractivity contribution is 6.00. The molecule has 0 unspecified atom stereocenters. The normalized spacial score (nSPS) is 14.0. The summed E-state index contributed by atoms with van der Waals surface area (Å²) in [4.78, 5) is 31.9. The minimum atomic E-state index is -0.522. The minimum absolute atomic E-state index is 0.0740. The predicted molar refractivity (Wildman–Crippen MR) is 135 cm³/mol. The number of amides is 2. The van der Waals surface area contributed by atoms with Crippen molar-refractivity contribution in [2.24, 2.45) is 0 Å². The smallest absolute Gasteiger partial charge is 0.256 e. The molecular weight excluding hydrogens is 457 g/mol. The second kappa shape index (κ2) is 10.2. The van der Waals surface area contributed by atoms with Gasteiger partial charge in [-0.15, -0.1) is 0 Å². The van der Waals surface area contributed by atoms with Crippen molar-refractivity contribution in [1.82, 2.24) is 15.2 Å². The summed E-state index contributed by atoms with van der Waals surface area (Å²) in [5.74, 6) is -0.0589. The van der Waals surface area contributed by atoms with Gasteiger partial charge >= 0.3 is 0 Å². The van der Waals surface area contributed by atoms with Crippen LogP contribution in [0.3, 0.4) is 0 Å². The monoisotopic (exact) mass is 483 g/mol. The van der Waals surface area contributed by atoms with Crippen molar-refractivity contribution in [3.8, 4) is 22.8 Å². The van der Waals surface area contributed by atoms with E-state index >= 15 is 0 Å². The van der Waals surface area contributed by atoms with Gasteiger partial charge in [-0.1, -0.05) is 54.1 Å². The van der Waals surface area contributed by atoms with Gasteiger partial charge in [0.25, 0.3) is 11.8 Å². The summed E-state index contributed by atoms with van der Waals surface area (Å²) in [7, 11) is 0. The Bertz CT molecular complexity index is 1390. The Labute approximate surface area is 208 Å². The fourth-order valence-corrected chi connectivity index (χ4v) is 4.41. The second-order valence-corrected chi connectivity index (χ2v) is 8.96. The maximum Gasteiger partial charge on any atom is 0.256 e. The van der Waals surface area contributed by atoms with Crippen LogP contribution in [0.4, 0.5) is 4.39 Å². The second-order valence-electron chi connectivity index (χ2n) is 8.96. The van der Waals surface area contributed by atoms with E-state index in [0.29, 0.717) is 48.7 Å². The summed E-state index contributed by atoms with van der Waals surface area (Å²) in [5, 5.41) is 3.08. The third kappa shape index (κ3) is 4.91. The van der Waals surface area contributed by atoms with Gasteiger partial charge in [0.05, 0.1) is 17.3 Å². The number of carbonyl (C=O) groups is 2. The van der Waals surface area contributed by atoms with Gasteiger partial charge in [-0.2, -0.15) is 0 Å². The first-order valence-corrected chi connectivity index (χ1v) is 12.0. The van der Waals surface area contributed by atoms with Gasteiger partial charge in [0.1, 0.15) is 5.82 Å². The Balaban J connectivity index is 1.25. The van der Waals surface area contributed by atoms with E-state index in [2.05, 4.69) is 10.3 Å². The molecular formula is C29H26FN3O3. The molecule has 0 bridgehead atoms. The standard InChI is InChI=1S/C29H26FN3O3/c1-19-10-12-20(13-11-19)26-18-31-28(36-26)23-7-3-2-6-22(23)27(34)32-21-14-16-33(17-15-21)29(35)24-8-4-5-9-25(24)30/h2-13,18,21H,14-17H2,1H3,(H,32,34). The first-order chi connectivity index (χ1) is 17.5. The van der Waals surface area contributed by atoms with Crippen molar-refractivity contribution in [3.63, 3.8) is 0 Å². The summed E-state index contributed by atoms with van der Waals surface area (Å²) >= 11 is 0. The molecule has 0 saturated carbocycles. The molecule has 3 aromatic carbocycles. The summed E-state index contributed by atoms with van der Waals surface area (Å²) < 4.78 is 20.0. The molecule has 1 aliphatic rings. The molecule has 0 aliphatic carbocycles. The number of hydrogen-bond acceptors (Lipinski definition) is 4. The Morgan fingerprint density at radius 3 is 2.33 bits per heavy atom. The van der Waals surface area contributed by atoms with Crippen LogP contribution < -0.4 is 5.32 Å². The van der Waals surface area contributed by atoms with E-state index in [1.54, 1.807) is 35.4 Å². The zero-order valence-electron chi connectivity index (χ0n) is 19.9. The summed E-state index contributed by atoms with van der Waals surface area (Å²) in [6.45, 7) is 2.91. The van der Waals surface area contributed by atoms with Gasteiger partial charge in [-0.05, 0) is 44.0 Å². The number of hydrogen-bond donors (Lipinski definition) is 1. The van der Waals surface area contributed by atoms with Crippen LogP contribution in [-0.2, 0) is 0 Å². The third-order valence-electron chi connectivity index (χ3n) is 6.47. The molecule has 1 saturated heterocycles. The van der Waals surface area contributed by atoms with Crippen LogP contribution in [0.5, 0.6) is 0 Å². The van der Waals surface area contributed by atoms with Gasteiger partial charge in [-0.25, -0.2) is 9.37 Å². The molecule has 2 amide bonds. The highest BCUT2D eigenvalue weighted by atomic mass is 19.1. The Morgan fingerprint density at radius 1 is 0.944 bits per heavy atom. The van der Waals surface area contributed by atoms with Gasteiger partial charge in [0, 0.05) is 30.3 Å². The number of oxazole rings is 1. The molecule has 5 rings (SSSR count). The fourth-order valence-electron chi connectivity index (χ4n) is 4.41. The van der Waals surface area contributed by atoms with Gasteiger partial charge < -0.3 is 14.6 Å². The first kappa shape index (κ1) is 23.5. The highest BCUT2D eigenvalue weighted by Crippen LogP contribution is 2.28. The van der Waals surface area contributed by atoms with Crippen LogP contribution in [-0.4, -0.2) is 40.8 Å². The number of aryl methyl sites for hydroxylation is 1. The number of rotatable bonds is 5. The number of carbonyl (C=O) groups excluding carboxylic acids is 2. The van der Waals surface area contributed by atoms with Gasteiger partial charge in [0.15, 0.2) is 5.76 Å². The lowest BCUT2D eigenvalue weighted by Crippen LogP contribution is -2.46.